The second-order valence-electron chi connectivity index (χ2n) is 8.06. The molecule has 0 aliphatic heterocycles. The van der Waals surface area contributed by atoms with Crippen LogP contribution in [0.5, 0.6) is 5.75 Å². The smallest absolute Gasteiger partial charge is 0.441 e. The van der Waals surface area contributed by atoms with Gasteiger partial charge < -0.3 is 24.8 Å². The molecule has 1 heterocycles. The zero-order chi connectivity index (χ0) is 28.8. The highest BCUT2D eigenvalue weighted by Gasteiger charge is 2.64. The maximum Gasteiger partial charge on any atom is 0.441 e. The summed E-state index contributed by atoms with van der Waals surface area (Å²) in [7, 11) is 2.00. The van der Waals surface area contributed by atoms with Gasteiger partial charge in [0.25, 0.3) is 5.91 Å². The summed E-state index contributed by atoms with van der Waals surface area (Å²) < 4.78 is 59.3. The normalized spacial score (nSPS) is 12.7. The van der Waals surface area contributed by atoms with Crippen LogP contribution < -0.4 is 15.4 Å². The van der Waals surface area contributed by atoms with Crippen molar-refractivity contribution in [3.05, 3.63) is 70.6 Å². The Kier molecular flexibility index (Phi) is 9.23. The quantitative estimate of drug-likeness (QED) is 0.250. The molecule has 1 aromatic heterocycles. The van der Waals surface area contributed by atoms with Gasteiger partial charge in [0, 0.05) is 10.4 Å². The van der Waals surface area contributed by atoms with Crippen LogP contribution in [-0.2, 0) is 20.7 Å². The molecule has 0 fully saturated rings. The largest absolute Gasteiger partial charge is 0.496 e. The number of alkyl halides is 3. The van der Waals surface area contributed by atoms with E-state index in [0.717, 1.165) is 18.4 Å². The Morgan fingerprint density at radius 1 is 0.949 bits per heavy atom. The first kappa shape index (κ1) is 29.5. The van der Waals surface area contributed by atoms with Crippen molar-refractivity contribution in [3.63, 3.8) is 0 Å². The Hall–Kier alpha value is -4.06. The summed E-state index contributed by atoms with van der Waals surface area (Å²) >= 11 is 0.841. The number of aryl methyl sites for hydroxylation is 1. The maximum absolute atomic E-state index is 14.8. The number of esters is 2. The molecule has 3 aromatic rings. The molecule has 12 heteroatoms. The molecule has 8 nitrogen and oxygen atoms in total. The number of benzene rings is 2. The fraction of sp³-hybridized carbons (Fsp3) is 0.296. The highest BCUT2D eigenvalue weighted by atomic mass is 32.1. The third-order valence-corrected chi connectivity index (χ3v) is 6.96. The molecule has 0 aliphatic carbocycles. The second kappa shape index (κ2) is 12.2. The number of amides is 1. The topological polar surface area (TPSA) is 103 Å². The van der Waals surface area contributed by atoms with Crippen molar-refractivity contribution in [3.8, 4) is 16.9 Å². The van der Waals surface area contributed by atoms with Crippen LogP contribution in [0, 0.1) is 0 Å². The van der Waals surface area contributed by atoms with E-state index in [4.69, 9.17) is 9.47 Å². The third-order valence-electron chi connectivity index (χ3n) is 5.71. The van der Waals surface area contributed by atoms with Crippen molar-refractivity contribution in [2.75, 3.05) is 26.1 Å². The fourth-order valence-electron chi connectivity index (χ4n) is 3.91. The standard InChI is InChI=1S/C27H27F3N2O6S/c1-5-19-20(16-12-8-7-9-13-16)21(24(34)38-6-2)23(39-19)32-26(25(35)37-4,27(28,29)30)31-22(33)17-14-10-11-15-18(17)36-3/h7-15,32H,5-6H2,1-4H3,(H,31,33)/t26-/m0/s1. The Labute approximate surface area is 227 Å². The average molecular weight is 565 g/mol. The molecule has 2 N–H and O–H groups in total. The second-order valence-corrected chi connectivity index (χ2v) is 9.17. The van der Waals surface area contributed by atoms with Crippen LogP contribution in [0.2, 0.25) is 0 Å². The molecule has 0 radical (unpaired) electrons. The number of nitrogens with one attached hydrogen (secondary N) is 2. The monoisotopic (exact) mass is 564 g/mol. The number of para-hydroxylation sites is 1. The molecule has 1 amide bonds. The molecule has 39 heavy (non-hydrogen) atoms. The molecular formula is C27H27F3N2O6S. The van der Waals surface area contributed by atoms with E-state index in [0.29, 0.717) is 22.4 Å². The first-order chi connectivity index (χ1) is 18.5. The summed E-state index contributed by atoms with van der Waals surface area (Å²) in [5, 5.41) is 3.58. The summed E-state index contributed by atoms with van der Waals surface area (Å²) in [6.45, 7) is 3.29. The number of ether oxygens (including phenoxy) is 3. The molecule has 0 bridgehead atoms. The summed E-state index contributed by atoms with van der Waals surface area (Å²) in [4.78, 5) is 39.7. The highest BCUT2D eigenvalue weighted by molar-refractivity contribution is 7.17. The van der Waals surface area contributed by atoms with E-state index in [1.54, 1.807) is 49.5 Å². The van der Waals surface area contributed by atoms with E-state index in [-0.39, 0.29) is 28.5 Å². The third kappa shape index (κ3) is 5.85. The molecular weight excluding hydrogens is 537 g/mol. The average Bonchev–Trinajstić information content (AvgIpc) is 3.30. The Morgan fingerprint density at radius 3 is 2.15 bits per heavy atom. The number of carbonyl (C=O) groups is 3. The van der Waals surface area contributed by atoms with Crippen LogP contribution in [0.4, 0.5) is 18.2 Å². The van der Waals surface area contributed by atoms with Gasteiger partial charge in [0.15, 0.2) is 0 Å². The van der Waals surface area contributed by atoms with Gasteiger partial charge in [-0.3, -0.25) is 4.79 Å². The summed E-state index contributed by atoms with van der Waals surface area (Å²) in [5.41, 5.74) is -3.30. The molecule has 0 aliphatic rings. The van der Waals surface area contributed by atoms with Gasteiger partial charge in [0.05, 0.1) is 26.4 Å². The molecule has 1 atom stereocenters. The van der Waals surface area contributed by atoms with Crippen LogP contribution >= 0.6 is 11.3 Å². The van der Waals surface area contributed by atoms with Gasteiger partial charge in [-0.25, -0.2) is 9.59 Å². The minimum absolute atomic E-state index is 0.0149. The number of rotatable bonds is 10. The van der Waals surface area contributed by atoms with E-state index in [9.17, 15) is 27.6 Å². The van der Waals surface area contributed by atoms with Crippen molar-refractivity contribution < 1.29 is 41.8 Å². The van der Waals surface area contributed by atoms with E-state index in [1.165, 1.54) is 31.4 Å². The van der Waals surface area contributed by atoms with Gasteiger partial charge in [-0.05, 0) is 31.0 Å². The van der Waals surface area contributed by atoms with Crippen LogP contribution in [-0.4, -0.2) is 50.5 Å². The molecule has 0 unspecified atom stereocenters. The van der Waals surface area contributed by atoms with Crippen LogP contribution in [0.15, 0.2) is 54.6 Å². The number of anilines is 1. The molecule has 3 rings (SSSR count). The summed E-state index contributed by atoms with van der Waals surface area (Å²) in [6.07, 6.45) is -5.07. The van der Waals surface area contributed by atoms with E-state index < -0.39 is 29.7 Å². The molecule has 0 saturated carbocycles. The number of halogens is 3. The zero-order valence-electron chi connectivity index (χ0n) is 21.6. The zero-order valence-corrected chi connectivity index (χ0v) is 22.4. The van der Waals surface area contributed by atoms with E-state index in [1.807, 2.05) is 0 Å². The lowest BCUT2D eigenvalue weighted by atomic mass is 9.99. The SMILES string of the molecule is CCOC(=O)c1c(N[C@@](NC(=O)c2ccccc2OC)(C(=O)OC)C(F)(F)F)sc(CC)c1-c1ccccc1. The molecule has 208 valence electrons. The van der Waals surface area contributed by atoms with Crippen LogP contribution in [0.25, 0.3) is 11.1 Å². The maximum atomic E-state index is 14.8. The fourth-order valence-corrected chi connectivity index (χ4v) is 5.11. The summed E-state index contributed by atoms with van der Waals surface area (Å²) in [6, 6.07) is 14.2. The highest BCUT2D eigenvalue weighted by Crippen LogP contribution is 2.44. The van der Waals surface area contributed by atoms with Crippen molar-refractivity contribution in [2.45, 2.75) is 32.1 Å². The van der Waals surface area contributed by atoms with Gasteiger partial charge in [-0.1, -0.05) is 49.4 Å². The van der Waals surface area contributed by atoms with Gasteiger partial charge >= 0.3 is 23.8 Å². The number of hydrogen-bond acceptors (Lipinski definition) is 8. The van der Waals surface area contributed by atoms with E-state index in [2.05, 4.69) is 10.1 Å². The minimum atomic E-state index is -5.42. The first-order valence-corrected chi connectivity index (χ1v) is 12.6. The number of carbonyl (C=O) groups excluding carboxylic acids is 3. The number of methoxy groups -OCH3 is 2. The Balaban J connectivity index is 2.26. The molecule has 0 spiro atoms. The van der Waals surface area contributed by atoms with Gasteiger partial charge in [-0.15, -0.1) is 11.3 Å². The Morgan fingerprint density at radius 2 is 1.59 bits per heavy atom. The summed E-state index contributed by atoms with van der Waals surface area (Å²) in [5.74, 6) is -4.03. The lowest BCUT2D eigenvalue weighted by molar-refractivity contribution is -0.203. The van der Waals surface area contributed by atoms with Crippen LogP contribution in [0.3, 0.4) is 0 Å². The van der Waals surface area contributed by atoms with Gasteiger partial charge in [0.2, 0.25) is 0 Å². The number of thiophene rings is 1. The molecule has 0 saturated heterocycles. The van der Waals surface area contributed by atoms with Gasteiger partial charge in [0.1, 0.15) is 16.3 Å². The van der Waals surface area contributed by atoms with Crippen LogP contribution in [0.1, 0.15) is 39.4 Å². The van der Waals surface area contributed by atoms with Crippen molar-refractivity contribution in [1.29, 1.82) is 0 Å². The van der Waals surface area contributed by atoms with Gasteiger partial charge in [-0.2, -0.15) is 13.2 Å². The Bertz CT molecular complexity index is 1340. The minimum Gasteiger partial charge on any atom is -0.496 e. The predicted octanol–water partition coefficient (Wildman–Crippen LogP) is 5.44. The van der Waals surface area contributed by atoms with Crippen molar-refractivity contribution in [2.24, 2.45) is 0 Å². The lowest BCUT2D eigenvalue weighted by Gasteiger charge is -2.35. The number of hydrogen-bond donors (Lipinski definition) is 2. The predicted molar refractivity (Wildman–Crippen MR) is 140 cm³/mol. The van der Waals surface area contributed by atoms with Crippen molar-refractivity contribution in [1.82, 2.24) is 5.32 Å². The van der Waals surface area contributed by atoms with Crippen molar-refractivity contribution >= 4 is 34.2 Å². The van der Waals surface area contributed by atoms with E-state index >= 15 is 0 Å². The molecule has 2 aromatic carbocycles. The lowest BCUT2D eigenvalue weighted by Crippen LogP contribution is -2.69. The first-order valence-electron chi connectivity index (χ1n) is 11.8.